The maximum atomic E-state index is 11.8. The van der Waals surface area contributed by atoms with Gasteiger partial charge in [-0.3, -0.25) is 9.88 Å². The van der Waals surface area contributed by atoms with Gasteiger partial charge in [-0.15, -0.1) is 0 Å². The van der Waals surface area contributed by atoms with Crippen LogP contribution in [0.25, 0.3) is 4.85 Å². The fourth-order valence-corrected chi connectivity index (χ4v) is 5.13. The number of ether oxygens (including phenoxy) is 1. The van der Waals surface area contributed by atoms with E-state index in [1.165, 1.54) is 0 Å². The Labute approximate surface area is 175 Å². The van der Waals surface area contributed by atoms with Crippen LogP contribution in [0.5, 0.6) is 0 Å². The van der Waals surface area contributed by atoms with Crippen molar-refractivity contribution in [1.82, 2.24) is 9.88 Å². The van der Waals surface area contributed by atoms with Crippen LogP contribution in [-0.4, -0.2) is 52.7 Å². The van der Waals surface area contributed by atoms with Crippen LogP contribution < -0.4 is 4.90 Å². The number of cyclic esters (lactones) is 1. The molecule has 1 aromatic heterocycles. The molecule has 0 amide bonds. The van der Waals surface area contributed by atoms with Crippen LogP contribution >= 0.6 is 0 Å². The molecule has 7 heteroatoms. The van der Waals surface area contributed by atoms with Crippen LogP contribution in [-0.2, 0) is 11.3 Å². The summed E-state index contributed by atoms with van der Waals surface area (Å²) < 4.78 is 5.14. The normalized spacial score (nSPS) is 23.8. The average molecular weight is 404 g/mol. The summed E-state index contributed by atoms with van der Waals surface area (Å²) in [6.07, 6.45) is 3.25. The number of carbonyl (C=O) groups is 1. The number of carbonyl (C=O) groups excluding carboxylic acids is 1. The molecule has 0 spiro atoms. The number of aliphatic hydroxyl groups is 1. The third-order valence-electron chi connectivity index (χ3n) is 6.77. The van der Waals surface area contributed by atoms with Gasteiger partial charge in [0.2, 0.25) is 5.69 Å². The summed E-state index contributed by atoms with van der Waals surface area (Å²) in [5.41, 5.74) is 3.92. The van der Waals surface area contributed by atoms with Gasteiger partial charge in [-0.05, 0) is 43.0 Å². The zero-order valence-electron chi connectivity index (χ0n) is 16.9. The molecule has 4 heterocycles. The van der Waals surface area contributed by atoms with Gasteiger partial charge < -0.3 is 14.7 Å². The van der Waals surface area contributed by atoms with Crippen LogP contribution in [0.4, 0.5) is 11.5 Å². The summed E-state index contributed by atoms with van der Waals surface area (Å²) in [5, 5.41) is 11.0. The Kier molecular flexibility index (Phi) is 4.69. The number of piperazine rings is 1. The summed E-state index contributed by atoms with van der Waals surface area (Å²) in [7, 11) is 0. The Balaban J connectivity index is 1.30. The fourth-order valence-electron chi connectivity index (χ4n) is 5.13. The van der Waals surface area contributed by atoms with Gasteiger partial charge in [-0.2, -0.15) is 0 Å². The molecule has 0 aliphatic carbocycles. The number of anilines is 1. The van der Waals surface area contributed by atoms with Gasteiger partial charge >= 0.3 is 5.97 Å². The second-order valence-corrected chi connectivity index (χ2v) is 8.37. The van der Waals surface area contributed by atoms with Crippen molar-refractivity contribution in [3.63, 3.8) is 0 Å². The van der Waals surface area contributed by atoms with Gasteiger partial charge in [0.05, 0.1) is 18.2 Å². The lowest BCUT2D eigenvalue weighted by atomic mass is 9.95. The third kappa shape index (κ3) is 3.13. The molecule has 2 saturated heterocycles. The highest BCUT2D eigenvalue weighted by Gasteiger charge is 2.41. The number of benzene rings is 1. The maximum absolute atomic E-state index is 11.8. The number of hydrogen-bond acceptors (Lipinski definition) is 6. The van der Waals surface area contributed by atoms with Crippen molar-refractivity contribution in [1.29, 1.82) is 0 Å². The Morgan fingerprint density at radius 3 is 2.70 bits per heavy atom. The first-order valence-corrected chi connectivity index (χ1v) is 10.4. The van der Waals surface area contributed by atoms with Gasteiger partial charge in [-0.25, -0.2) is 9.64 Å². The van der Waals surface area contributed by atoms with Crippen LogP contribution in [0.15, 0.2) is 30.5 Å². The van der Waals surface area contributed by atoms with Crippen LogP contribution in [0.2, 0.25) is 0 Å². The molecular weight excluding hydrogens is 380 g/mol. The molecule has 3 aliphatic heterocycles. The quantitative estimate of drug-likeness (QED) is 0.624. The highest BCUT2D eigenvalue weighted by molar-refractivity contribution is 5.93. The summed E-state index contributed by atoms with van der Waals surface area (Å²) in [5.74, 6) is 0.639. The van der Waals surface area contributed by atoms with E-state index in [0.29, 0.717) is 36.5 Å². The fraction of sp³-hybridized carbons (Fsp3) is 0.435. The minimum absolute atomic E-state index is 0.277. The van der Waals surface area contributed by atoms with E-state index in [2.05, 4.69) is 19.6 Å². The number of aliphatic hydroxyl groups excluding tert-OH is 1. The van der Waals surface area contributed by atoms with Crippen LogP contribution in [0, 0.1) is 13.5 Å². The predicted octanol–water partition coefficient (Wildman–Crippen LogP) is 3.00. The summed E-state index contributed by atoms with van der Waals surface area (Å²) in [6.45, 7) is 11.7. The molecule has 154 valence electrons. The summed E-state index contributed by atoms with van der Waals surface area (Å²) >= 11 is 0. The minimum Gasteiger partial charge on any atom is -0.457 e. The van der Waals surface area contributed by atoms with E-state index >= 15 is 0 Å². The molecular formula is C23H24N4O3. The van der Waals surface area contributed by atoms with Crippen molar-refractivity contribution in [2.45, 2.75) is 44.6 Å². The number of aromatic nitrogens is 1. The van der Waals surface area contributed by atoms with Gasteiger partial charge in [0.25, 0.3) is 0 Å². The van der Waals surface area contributed by atoms with Gasteiger partial charge in [0, 0.05) is 43.5 Å². The first kappa shape index (κ1) is 19.0. The monoisotopic (exact) mass is 404 g/mol. The SMILES string of the molecule is [C-]#[N+]c1ccc(N2C[C@H]3CC[C@@H](C2)N3C[C@H](O)c2ccc3c(c2C)COC3=O)nc1. The number of nitrogens with zero attached hydrogens (tertiary/aromatic N) is 4. The van der Waals surface area contributed by atoms with Gasteiger partial charge in [0.1, 0.15) is 12.4 Å². The minimum atomic E-state index is -0.600. The topological polar surface area (TPSA) is 70.3 Å². The molecule has 1 N–H and O–H groups in total. The predicted molar refractivity (Wildman–Crippen MR) is 111 cm³/mol. The Hall–Kier alpha value is -2.95. The van der Waals surface area contributed by atoms with Crippen molar-refractivity contribution in [3.05, 3.63) is 64.1 Å². The van der Waals surface area contributed by atoms with E-state index in [-0.39, 0.29) is 5.97 Å². The van der Waals surface area contributed by atoms with Gasteiger partial charge in [0.15, 0.2) is 0 Å². The number of hydrogen-bond donors (Lipinski definition) is 1. The molecule has 2 fully saturated rings. The summed E-state index contributed by atoms with van der Waals surface area (Å²) in [4.78, 5) is 24.4. The second kappa shape index (κ2) is 7.38. The molecule has 1 aromatic carbocycles. The molecule has 5 rings (SSSR count). The van der Waals surface area contributed by atoms with Crippen molar-refractivity contribution >= 4 is 17.5 Å². The van der Waals surface area contributed by atoms with Crippen molar-refractivity contribution in [2.75, 3.05) is 24.5 Å². The summed E-state index contributed by atoms with van der Waals surface area (Å²) in [6, 6.07) is 8.14. The lowest BCUT2D eigenvalue weighted by molar-refractivity contribution is 0.0535. The molecule has 2 aromatic rings. The second-order valence-electron chi connectivity index (χ2n) is 8.37. The van der Waals surface area contributed by atoms with Crippen molar-refractivity contribution < 1.29 is 14.6 Å². The Bertz CT molecular complexity index is 1020. The largest absolute Gasteiger partial charge is 0.457 e. The molecule has 2 bridgehead atoms. The van der Waals surface area contributed by atoms with Crippen molar-refractivity contribution in [2.24, 2.45) is 0 Å². The highest BCUT2D eigenvalue weighted by Crippen LogP contribution is 2.35. The van der Waals surface area contributed by atoms with E-state index in [4.69, 9.17) is 11.3 Å². The third-order valence-corrected chi connectivity index (χ3v) is 6.77. The van der Waals surface area contributed by atoms with Gasteiger partial charge in [-0.1, -0.05) is 12.1 Å². The van der Waals surface area contributed by atoms with E-state index in [0.717, 1.165) is 48.4 Å². The molecule has 7 nitrogen and oxygen atoms in total. The number of fused-ring (bicyclic) bond motifs is 3. The molecule has 30 heavy (non-hydrogen) atoms. The standard InChI is InChI=1S/C23H24N4O3/c1-14-18(6-7-19-20(14)13-30-23(19)29)21(28)12-27-16-4-5-17(27)11-26(10-16)22-8-3-15(24-2)9-25-22/h3,6-9,16-17,21,28H,4-5,10-13H2,1H3/t16-,17+,21-/m0/s1. The number of esters is 1. The van der Waals surface area contributed by atoms with Crippen LogP contribution in [0.3, 0.4) is 0 Å². The molecule has 3 aliphatic rings. The smallest absolute Gasteiger partial charge is 0.338 e. The highest BCUT2D eigenvalue weighted by atomic mass is 16.5. The number of pyridine rings is 1. The Morgan fingerprint density at radius 1 is 1.27 bits per heavy atom. The van der Waals surface area contributed by atoms with E-state index in [9.17, 15) is 9.90 Å². The first-order chi connectivity index (χ1) is 14.5. The molecule has 3 atom stereocenters. The average Bonchev–Trinajstić information content (AvgIpc) is 3.23. The van der Waals surface area contributed by atoms with E-state index in [1.807, 2.05) is 25.1 Å². The molecule has 0 saturated carbocycles. The zero-order chi connectivity index (χ0) is 20.8. The van der Waals surface area contributed by atoms with Crippen LogP contribution in [0.1, 0.15) is 46.0 Å². The van der Waals surface area contributed by atoms with E-state index < -0.39 is 6.10 Å². The number of rotatable bonds is 4. The molecule has 0 radical (unpaired) electrons. The Morgan fingerprint density at radius 2 is 2.03 bits per heavy atom. The molecule has 0 unspecified atom stereocenters. The first-order valence-electron chi connectivity index (χ1n) is 10.4. The lowest BCUT2D eigenvalue weighted by Gasteiger charge is -2.42. The lowest BCUT2D eigenvalue weighted by Crippen LogP contribution is -2.55. The zero-order valence-corrected chi connectivity index (χ0v) is 16.9. The maximum Gasteiger partial charge on any atom is 0.338 e. The van der Waals surface area contributed by atoms with E-state index in [1.54, 1.807) is 12.3 Å². The van der Waals surface area contributed by atoms with Crippen molar-refractivity contribution in [3.8, 4) is 0 Å².